The third kappa shape index (κ3) is 10.4. The summed E-state index contributed by atoms with van der Waals surface area (Å²) in [5.74, 6) is 0.571. The molecule has 0 aliphatic rings. The van der Waals surface area contributed by atoms with Gasteiger partial charge in [-0.15, -0.1) is 0 Å². The topological polar surface area (TPSA) is 55.4 Å². The molecule has 0 saturated heterocycles. The predicted octanol–water partition coefficient (Wildman–Crippen LogP) is 1.22. The van der Waals surface area contributed by atoms with Gasteiger partial charge >= 0.3 is 0 Å². The van der Waals surface area contributed by atoms with Crippen molar-refractivity contribution in [1.29, 1.82) is 0 Å². The van der Waals surface area contributed by atoms with Gasteiger partial charge in [-0.3, -0.25) is 0 Å². The predicted molar refractivity (Wildman–Crippen MR) is 67.5 cm³/mol. The van der Waals surface area contributed by atoms with E-state index in [0.717, 1.165) is 32.4 Å². The second kappa shape index (κ2) is 10.1. The van der Waals surface area contributed by atoms with Gasteiger partial charge < -0.3 is 10.1 Å². The molecule has 5 heteroatoms. The van der Waals surface area contributed by atoms with Crippen LogP contribution in [-0.4, -0.2) is 46.7 Å². The van der Waals surface area contributed by atoms with Crippen LogP contribution in [0.5, 0.6) is 0 Å². The second-order valence-corrected chi connectivity index (χ2v) is 6.26. The Morgan fingerprint density at radius 2 is 1.81 bits per heavy atom. The second-order valence-electron chi connectivity index (χ2n) is 3.96. The molecule has 98 valence electrons. The summed E-state index contributed by atoms with van der Waals surface area (Å²) in [6.07, 6.45) is 3.99. The average molecular weight is 251 g/mol. The van der Waals surface area contributed by atoms with Crippen LogP contribution in [0.2, 0.25) is 0 Å². The summed E-state index contributed by atoms with van der Waals surface area (Å²) < 4.78 is 27.6. The van der Waals surface area contributed by atoms with Crippen LogP contribution < -0.4 is 5.32 Å². The Morgan fingerprint density at radius 1 is 1.06 bits per heavy atom. The van der Waals surface area contributed by atoms with Gasteiger partial charge in [0, 0.05) is 26.0 Å². The van der Waals surface area contributed by atoms with Crippen molar-refractivity contribution in [2.45, 2.75) is 32.6 Å². The first kappa shape index (κ1) is 15.9. The summed E-state index contributed by atoms with van der Waals surface area (Å²) in [4.78, 5) is 0. The van der Waals surface area contributed by atoms with E-state index in [9.17, 15) is 8.42 Å². The van der Waals surface area contributed by atoms with Gasteiger partial charge in [0.05, 0.1) is 5.75 Å². The maximum absolute atomic E-state index is 11.3. The minimum absolute atomic E-state index is 0.263. The molecule has 0 saturated carbocycles. The van der Waals surface area contributed by atoms with Crippen molar-refractivity contribution in [1.82, 2.24) is 5.32 Å². The fraction of sp³-hybridized carbons (Fsp3) is 1.00. The SMILES string of the molecule is CCCS(=O)(=O)CCNCCCCCOC. The molecule has 0 spiro atoms. The van der Waals surface area contributed by atoms with Gasteiger partial charge in [0.1, 0.15) is 0 Å². The molecule has 0 aliphatic heterocycles. The number of ether oxygens (including phenoxy) is 1. The molecule has 0 radical (unpaired) electrons. The Morgan fingerprint density at radius 3 is 2.44 bits per heavy atom. The fourth-order valence-corrected chi connectivity index (χ4v) is 2.72. The van der Waals surface area contributed by atoms with E-state index in [4.69, 9.17) is 4.74 Å². The van der Waals surface area contributed by atoms with Gasteiger partial charge in [-0.2, -0.15) is 0 Å². The number of hydrogen-bond donors (Lipinski definition) is 1. The van der Waals surface area contributed by atoms with Crippen LogP contribution in [0.3, 0.4) is 0 Å². The number of rotatable bonds is 11. The molecule has 16 heavy (non-hydrogen) atoms. The lowest BCUT2D eigenvalue weighted by Crippen LogP contribution is -2.25. The maximum atomic E-state index is 11.3. The standard InChI is InChI=1S/C11H25NO3S/c1-3-10-16(13,14)11-8-12-7-5-4-6-9-15-2/h12H,3-11H2,1-2H3. The lowest BCUT2D eigenvalue weighted by molar-refractivity contribution is 0.192. The largest absolute Gasteiger partial charge is 0.385 e. The number of hydrogen-bond acceptors (Lipinski definition) is 4. The number of unbranched alkanes of at least 4 members (excludes halogenated alkanes) is 2. The van der Waals surface area contributed by atoms with E-state index in [1.165, 1.54) is 0 Å². The lowest BCUT2D eigenvalue weighted by atomic mass is 10.2. The first-order chi connectivity index (χ1) is 7.62. The minimum Gasteiger partial charge on any atom is -0.385 e. The van der Waals surface area contributed by atoms with Crippen LogP contribution in [0.4, 0.5) is 0 Å². The third-order valence-electron chi connectivity index (χ3n) is 2.31. The van der Waals surface area contributed by atoms with E-state index in [0.29, 0.717) is 18.7 Å². The smallest absolute Gasteiger partial charge is 0.151 e. The highest BCUT2D eigenvalue weighted by molar-refractivity contribution is 7.91. The molecular weight excluding hydrogens is 226 g/mol. The van der Waals surface area contributed by atoms with Gasteiger partial charge in [-0.25, -0.2) is 8.42 Å². The van der Waals surface area contributed by atoms with Crippen molar-refractivity contribution in [2.24, 2.45) is 0 Å². The third-order valence-corrected chi connectivity index (χ3v) is 4.16. The van der Waals surface area contributed by atoms with E-state index in [1.54, 1.807) is 7.11 Å². The van der Waals surface area contributed by atoms with E-state index in [-0.39, 0.29) is 5.75 Å². The van der Waals surface area contributed by atoms with Crippen molar-refractivity contribution >= 4 is 9.84 Å². The van der Waals surface area contributed by atoms with Gasteiger partial charge in [-0.05, 0) is 32.2 Å². The van der Waals surface area contributed by atoms with Gasteiger partial charge in [-0.1, -0.05) is 6.92 Å². The Labute approximate surface area is 99.7 Å². The van der Waals surface area contributed by atoms with Crippen LogP contribution in [0.25, 0.3) is 0 Å². The number of sulfone groups is 1. The monoisotopic (exact) mass is 251 g/mol. The highest BCUT2D eigenvalue weighted by atomic mass is 32.2. The molecule has 4 nitrogen and oxygen atoms in total. The molecule has 0 aliphatic carbocycles. The number of nitrogens with one attached hydrogen (secondary N) is 1. The van der Waals surface area contributed by atoms with Crippen LogP contribution >= 0.6 is 0 Å². The molecule has 0 heterocycles. The van der Waals surface area contributed by atoms with E-state index >= 15 is 0 Å². The summed E-state index contributed by atoms with van der Waals surface area (Å²) >= 11 is 0. The summed E-state index contributed by atoms with van der Waals surface area (Å²) in [6.45, 7) is 4.17. The van der Waals surface area contributed by atoms with Crippen LogP contribution in [0.1, 0.15) is 32.6 Å². The Hall–Kier alpha value is -0.130. The average Bonchev–Trinajstić information content (AvgIpc) is 2.22. The van der Waals surface area contributed by atoms with Gasteiger partial charge in [0.25, 0.3) is 0 Å². The molecule has 0 aromatic carbocycles. The molecule has 0 fully saturated rings. The Kier molecular flexibility index (Phi) is 9.97. The zero-order valence-electron chi connectivity index (χ0n) is 10.5. The highest BCUT2D eigenvalue weighted by Crippen LogP contribution is 1.95. The van der Waals surface area contributed by atoms with Gasteiger partial charge in [0.15, 0.2) is 9.84 Å². The van der Waals surface area contributed by atoms with Crippen molar-refractivity contribution in [2.75, 3.05) is 38.3 Å². The lowest BCUT2D eigenvalue weighted by Gasteiger charge is -2.05. The first-order valence-electron chi connectivity index (χ1n) is 6.02. The molecule has 0 amide bonds. The van der Waals surface area contributed by atoms with Crippen molar-refractivity contribution < 1.29 is 13.2 Å². The molecule has 0 unspecified atom stereocenters. The Balaban J connectivity index is 3.27. The van der Waals surface area contributed by atoms with Crippen LogP contribution in [-0.2, 0) is 14.6 Å². The molecule has 0 aromatic rings. The van der Waals surface area contributed by atoms with Crippen molar-refractivity contribution in [3.8, 4) is 0 Å². The minimum atomic E-state index is -2.82. The van der Waals surface area contributed by atoms with E-state index < -0.39 is 9.84 Å². The molecular formula is C11H25NO3S. The molecule has 0 aromatic heterocycles. The summed E-state index contributed by atoms with van der Waals surface area (Å²) in [6, 6.07) is 0. The molecule has 0 rings (SSSR count). The number of methoxy groups -OCH3 is 1. The van der Waals surface area contributed by atoms with Crippen molar-refractivity contribution in [3.05, 3.63) is 0 Å². The maximum Gasteiger partial charge on any atom is 0.151 e. The Bertz CT molecular complexity index is 240. The van der Waals surface area contributed by atoms with Crippen molar-refractivity contribution in [3.63, 3.8) is 0 Å². The fourth-order valence-electron chi connectivity index (χ4n) is 1.44. The quantitative estimate of drug-likeness (QED) is 0.561. The van der Waals surface area contributed by atoms with Crippen LogP contribution in [0, 0.1) is 0 Å². The summed E-state index contributed by atoms with van der Waals surface area (Å²) in [7, 11) is -1.11. The zero-order chi connectivity index (χ0) is 12.3. The highest BCUT2D eigenvalue weighted by Gasteiger charge is 2.07. The molecule has 0 bridgehead atoms. The normalized spacial score (nSPS) is 11.9. The first-order valence-corrected chi connectivity index (χ1v) is 7.84. The summed E-state index contributed by atoms with van der Waals surface area (Å²) in [5.41, 5.74) is 0. The summed E-state index contributed by atoms with van der Waals surface area (Å²) in [5, 5.41) is 3.16. The van der Waals surface area contributed by atoms with Crippen LogP contribution in [0.15, 0.2) is 0 Å². The van der Waals surface area contributed by atoms with E-state index in [1.807, 2.05) is 6.92 Å². The van der Waals surface area contributed by atoms with E-state index in [2.05, 4.69) is 5.32 Å². The zero-order valence-corrected chi connectivity index (χ0v) is 11.3. The molecule has 1 N–H and O–H groups in total. The van der Waals surface area contributed by atoms with Gasteiger partial charge in [0.2, 0.25) is 0 Å². The molecule has 0 atom stereocenters.